The summed E-state index contributed by atoms with van der Waals surface area (Å²) in [6.07, 6.45) is 1.82. The van der Waals surface area contributed by atoms with Crippen LogP contribution in [0.2, 0.25) is 0 Å². The van der Waals surface area contributed by atoms with Gasteiger partial charge in [0.2, 0.25) is 0 Å². The fourth-order valence-corrected chi connectivity index (χ4v) is 3.88. The maximum atomic E-state index is 12.9. The summed E-state index contributed by atoms with van der Waals surface area (Å²) in [4.78, 5) is 27.3. The molecule has 0 fully saturated rings. The molecule has 2 N–H and O–H groups in total. The highest BCUT2D eigenvalue weighted by Crippen LogP contribution is 2.31. The topological polar surface area (TPSA) is 79.9 Å². The number of carbonyl (C=O) groups is 2. The minimum atomic E-state index is -0.449. The van der Waals surface area contributed by atoms with Crippen LogP contribution in [-0.2, 0) is 9.53 Å². The zero-order chi connectivity index (χ0) is 25.5. The molecule has 0 bridgehead atoms. The Balaban J connectivity index is 1.73. The van der Waals surface area contributed by atoms with Gasteiger partial charge in [-0.2, -0.15) is 0 Å². The first-order chi connectivity index (χ1) is 16.7. The van der Waals surface area contributed by atoms with Crippen molar-refractivity contribution >= 4 is 34.9 Å². The Bertz CT molecular complexity index is 1090. The number of esters is 1. The summed E-state index contributed by atoms with van der Waals surface area (Å²) < 4.78 is 11.1. The molecule has 1 amide bonds. The van der Waals surface area contributed by atoms with Crippen LogP contribution in [0.1, 0.15) is 62.5 Å². The van der Waals surface area contributed by atoms with Crippen LogP contribution in [0.3, 0.4) is 0 Å². The molecule has 1 aliphatic heterocycles. The van der Waals surface area contributed by atoms with Crippen LogP contribution < -0.4 is 15.4 Å². The lowest BCUT2D eigenvalue weighted by Gasteiger charge is -2.35. The largest absolute Gasteiger partial charge is 0.494 e. The van der Waals surface area contributed by atoms with Gasteiger partial charge in [0.15, 0.2) is 5.11 Å². The van der Waals surface area contributed by atoms with Gasteiger partial charge in [0.25, 0.3) is 5.91 Å². The van der Waals surface area contributed by atoms with Gasteiger partial charge in [0, 0.05) is 24.0 Å². The summed E-state index contributed by atoms with van der Waals surface area (Å²) in [5.74, 6) is 0.148. The van der Waals surface area contributed by atoms with Crippen molar-refractivity contribution in [1.29, 1.82) is 0 Å². The minimum Gasteiger partial charge on any atom is -0.494 e. The number of amides is 1. The van der Waals surface area contributed by atoms with Crippen molar-refractivity contribution < 1.29 is 19.1 Å². The molecular formula is C27H33N3O4S. The molecule has 1 heterocycles. The molecule has 3 rings (SSSR count). The molecule has 35 heavy (non-hydrogen) atoms. The molecule has 0 saturated heterocycles. The fraction of sp³-hybridized carbons (Fsp3) is 0.370. The van der Waals surface area contributed by atoms with E-state index < -0.39 is 6.04 Å². The Morgan fingerprint density at radius 2 is 1.77 bits per heavy atom. The number of thiocarbonyl (C=S) groups is 1. The number of ether oxygens (including phenoxy) is 2. The normalized spacial score (nSPS) is 15.7. The first-order valence-corrected chi connectivity index (χ1v) is 12.2. The molecule has 8 heteroatoms. The van der Waals surface area contributed by atoms with Gasteiger partial charge in [-0.05, 0) is 81.4 Å². The lowest BCUT2D eigenvalue weighted by atomic mass is 9.95. The van der Waals surface area contributed by atoms with Gasteiger partial charge in [0.05, 0.1) is 24.3 Å². The lowest BCUT2D eigenvalue weighted by Crippen LogP contribution is -2.46. The van der Waals surface area contributed by atoms with Crippen LogP contribution in [0.25, 0.3) is 0 Å². The maximum absolute atomic E-state index is 12.9. The van der Waals surface area contributed by atoms with Gasteiger partial charge < -0.3 is 25.0 Å². The molecule has 1 aliphatic rings. The molecule has 0 spiro atoms. The van der Waals surface area contributed by atoms with Crippen LogP contribution in [0.15, 0.2) is 59.8 Å². The Morgan fingerprint density at radius 1 is 1.11 bits per heavy atom. The van der Waals surface area contributed by atoms with Crippen LogP contribution in [0.4, 0.5) is 5.69 Å². The van der Waals surface area contributed by atoms with E-state index in [9.17, 15) is 9.59 Å². The highest BCUT2D eigenvalue weighted by Gasteiger charge is 2.33. The Morgan fingerprint density at radius 3 is 2.37 bits per heavy atom. The van der Waals surface area contributed by atoms with E-state index in [-0.39, 0.29) is 18.0 Å². The molecule has 7 nitrogen and oxygen atoms in total. The Labute approximate surface area is 212 Å². The number of hydrogen-bond donors (Lipinski definition) is 2. The van der Waals surface area contributed by atoms with Crippen LogP contribution in [0.5, 0.6) is 5.75 Å². The van der Waals surface area contributed by atoms with E-state index in [1.54, 1.807) is 41.3 Å². The molecule has 0 aromatic heterocycles. The van der Waals surface area contributed by atoms with E-state index >= 15 is 0 Å². The van der Waals surface area contributed by atoms with Crippen molar-refractivity contribution in [1.82, 2.24) is 10.2 Å². The van der Waals surface area contributed by atoms with Crippen molar-refractivity contribution in [3.05, 3.63) is 70.9 Å². The zero-order valence-corrected chi connectivity index (χ0v) is 21.7. The minimum absolute atomic E-state index is 0.214. The second-order valence-corrected chi connectivity index (χ2v) is 9.08. The average molecular weight is 496 g/mol. The predicted octanol–water partition coefficient (Wildman–Crippen LogP) is 5.20. The van der Waals surface area contributed by atoms with Crippen LogP contribution >= 0.6 is 12.2 Å². The van der Waals surface area contributed by atoms with Gasteiger partial charge in [-0.15, -0.1) is 0 Å². The van der Waals surface area contributed by atoms with Gasteiger partial charge in [-0.3, -0.25) is 4.79 Å². The number of allylic oxidation sites excluding steroid dienone is 1. The summed E-state index contributed by atoms with van der Waals surface area (Å²) in [7, 11) is 1.81. The number of nitrogens with one attached hydrogen (secondary N) is 2. The Kier molecular flexibility index (Phi) is 8.87. The summed E-state index contributed by atoms with van der Waals surface area (Å²) >= 11 is 5.45. The molecule has 0 aliphatic carbocycles. The molecule has 0 saturated carbocycles. The highest BCUT2D eigenvalue weighted by molar-refractivity contribution is 7.80. The van der Waals surface area contributed by atoms with E-state index in [0.717, 1.165) is 29.9 Å². The number of nitrogens with zero attached hydrogens (tertiary/aromatic N) is 1. The quantitative estimate of drug-likeness (QED) is 0.281. The lowest BCUT2D eigenvalue weighted by molar-refractivity contribution is -0.143. The van der Waals surface area contributed by atoms with E-state index in [0.29, 0.717) is 28.5 Å². The van der Waals surface area contributed by atoms with Gasteiger partial charge in [0.1, 0.15) is 5.75 Å². The zero-order valence-electron chi connectivity index (χ0n) is 20.9. The standard InChI is InChI=1S/C27H33N3O4S/c1-6-7-16-33-22-14-10-20(11-15-22)25(31)28-21-12-8-19(9-13-21)24-23(26(32)34-17(2)3)18(4)30(5)27(35)29-24/h8-15,17,24H,6-7,16H2,1-5H3,(H,28,31)(H,29,35). The van der Waals surface area contributed by atoms with E-state index in [1.165, 1.54) is 0 Å². The first kappa shape index (κ1) is 26.2. The van der Waals surface area contributed by atoms with Crippen molar-refractivity contribution in [3.8, 4) is 5.75 Å². The predicted molar refractivity (Wildman–Crippen MR) is 141 cm³/mol. The SMILES string of the molecule is CCCCOc1ccc(C(=O)Nc2ccc(C3NC(=S)N(C)C(C)=C3C(=O)OC(C)C)cc2)cc1. The van der Waals surface area contributed by atoms with Crippen LogP contribution in [-0.4, -0.2) is 41.6 Å². The Hall–Kier alpha value is -3.39. The smallest absolute Gasteiger partial charge is 0.338 e. The molecule has 0 radical (unpaired) electrons. The summed E-state index contributed by atoms with van der Waals surface area (Å²) in [5, 5.41) is 6.65. The van der Waals surface area contributed by atoms with Gasteiger partial charge in [-0.25, -0.2) is 4.79 Å². The molecule has 1 atom stereocenters. The summed E-state index contributed by atoms with van der Waals surface area (Å²) in [6, 6.07) is 14.0. The molecule has 2 aromatic carbocycles. The van der Waals surface area contributed by atoms with Crippen molar-refractivity contribution in [2.45, 2.75) is 52.7 Å². The van der Waals surface area contributed by atoms with Crippen molar-refractivity contribution in [2.24, 2.45) is 0 Å². The van der Waals surface area contributed by atoms with Crippen molar-refractivity contribution in [2.75, 3.05) is 19.0 Å². The molecule has 1 unspecified atom stereocenters. The second-order valence-electron chi connectivity index (χ2n) is 8.70. The summed E-state index contributed by atoms with van der Waals surface area (Å²) in [5.41, 5.74) is 3.26. The van der Waals surface area contributed by atoms with E-state index in [4.69, 9.17) is 21.7 Å². The van der Waals surface area contributed by atoms with E-state index in [2.05, 4.69) is 17.6 Å². The van der Waals surface area contributed by atoms with E-state index in [1.807, 2.05) is 40.0 Å². The van der Waals surface area contributed by atoms with Gasteiger partial charge >= 0.3 is 5.97 Å². The number of anilines is 1. The molecular weight excluding hydrogens is 462 g/mol. The first-order valence-electron chi connectivity index (χ1n) is 11.8. The average Bonchev–Trinajstić information content (AvgIpc) is 2.83. The maximum Gasteiger partial charge on any atom is 0.338 e. The monoisotopic (exact) mass is 495 g/mol. The number of rotatable bonds is 9. The number of benzene rings is 2. The molecule has 186 valence electrons. The number of carbonyl (C=O) groups excluding carboxylic acids is 2. The third kappa shape index (κ3) is 6.60. The highest BCUT2D eigenvalue weighted by atomic mass is 32.1. The van der Waals surface area contributed by atoms with Crippen LogP contribution in [0, 0.1) is 0 Å². The third-order valence-electron chi connectivity index (χ3n) is 5.70. The fourth-order valence-electron chi connectivity index (χ4n) is 3.63. The second kappa shape index (κ2) is 11.8. The molecule has 2 aromatic rings. The van der Waals surface area contributed by atoms with Crippen molar-refractivity contribution in [3.63, 3.8) is 0 Å². The third-order valence-corrected chi connectivity index (χ3v) is 6.09. The number of hydrogen-bond acceptors (Lipinski definition) is 5. The summed E-state index contributed by atoms with van der Waals surface area (Å²) in [6.45, 7) is 8.26. The van der Waals surface area contributed by atoms with Gasteiger partial charge in [-0.1, -0.05) is 25.5 Å². The number of unbranched alkanes of at least 4 members (excludes halogenated alkanes) is 1.